The first-order valence-electron chi connectivity index (χ1n) is 6.65. The van der Waals surface area contributed by atoms with Crippen LogP contribution in [-0.4, -0.2) is 34.7 Å². The molecule has 0 aromatic heterocycles. The van der Waals surface area contributed by atoms with Crippen molar-refractivity contribution in [2.24, 2.45) is 0 Å². The highest BCUT2D eigenvalue weighted by atomic mass is 32.2. The molecule has 1 aliphatic rings. The number of carbonyl (C=O) groups excluding carboxylic acids is 2. The Hall–Kier alpha value is -1.49. The number of benzene rings is 1. The van der Waals surface area contributed by atoms with E-state index in [-0.39, 0.29) is 11.9 Å². The van der Waals surface area contributed by atoms with Crippen molar-refractivity contribution in [2.75, 3.05) is 12.3 Å². The first kappa shape index (κ1) is 14.9. The first-order valence-corrected chi connectivity index (χ1v) is 7.64. The minimum absolute atomic E-state index is 0.149. The van der Waals surface area contributed by atoms with Gasteiger partial charge in [0, 0.05) is 17.2 Å². The molecule has 0 unspecified atom stereocenters. The van der Waals surface area contributed by atoms with Crippen molar-refractivity contribution >= 4 is 23.7 Å². The van der Waals surface area contributed by atoms with Crippen molar-refractivity contribution < 1.29 is 9.59 Å². The van der Waals surface area contributed by atoms with Crippen LogP contribution in [0, 0.1) is 13.8 Å². The Morgan fingerprint density at radius 1 is 1.25 bits per heavy atom. The molecule has 0 saturated carbocycles. The van der Waals surface area contributed by atoms with Gasteiger partial charge in [0.05, 0.1) is 0 Å². The number of nitrogens with one attached hydrogen (secondary N) is 1. The molecule has 108 valence electrons. The van der Waals surface area contributed by atoms with Crippen molar-refractivity contribution in [3.8, 4) is 0 Å². The molecule has 0 spiro atoms. The Bertz CT molecular complexity index is 555. The minimum atomic E-state index is -0.776. The number of nitrogens with zero attached hydrogens (tertiary/aromatic N) is 1. The highest BCUT2D eigenvalue weighted by Crippen LogP contribution is 2.24. The second-order valence-electron chi connectivity index (χ2n) is 5.63. The normalized spacial score (nSPS) is 17.5. The number of thioether (sulfide) groups is 1. The van der Waals surface area contributed by atoms with Gasteiger partial charge in [0.15, 0.2) is 0 Å². The van der Waals surface area contributed by atoms with Crippen LogP contribution >= 0.6 is 11.8 Å². The average Bonchev–Trinajstić information content (AvgIpc) is 2.53. The largest absolute Gasteiger partial charge is 0.325 e. The smallest absolute Gasteiger partial charge is 0.324 e. The molecule has 5 heteroatoms. The van der Waals surface area contributed by atoms with Crippen LogP contribution in [0.4, 0.5) is 4.79 Å². The summed E-state index contributed by atoms with van der Waals surface area (Å²) in [7, 11) is 0. The number of aryl methyl sites for hydroxylation is 2. The summed E-state index contributed by atoms with van der Waals surface area (Å²) in [6.07, 6.45) is 0. The lowest BCUT2D eigenvalue weighted by Crippen LogP contribution is -2.40. The van der Waals surface area contributed by atoms with Crippen LogP contribution in [-0.2, 0) is 4.79 Å². The fourth-order valence-electron chi connectivity index (χ4n) is 2.23. The van der Waals surface area contributed by atoms with E-state index >= 15 is 0 Å². The predicted molar refractivity (Wildman–Crippen MR) is 81.0 cm³/mol. The van der Waals surface area contributed by atoms with Gasteiger partial charge < -0.3 is 5.32 Å². The van der Waals surface area contributed by atoms with Crippen molar-refractivity contribution in [3.05, 3.63) is 29.3 Å². The van der Waals surface area contributed by atoms with Crippen molar-refractivity contribution in [3.63, 3.8) is 0 Å². The van der Waals surface area contributed by atoms with Crippen LogP contribution in [0.3, 0.4) is 0 Å². The van der Waals surface area contributed by atoms with Gasteiger partial charge in [0.25, 0.3) is 5.91 Å². The molecule has 1 N–H and O–H groups in total. The molecular weight excluding hydrogens is 272 g/mol. The Kier molecular flexibility index (Phi) is 4.09. The van der Waals surface area contributed by atoms with E-state index in [2.05, 4.69) is 37.4 Å². The molecule has 0 bridgehead atoms. The van der Waals surface area contributed by atoms with Crippen molar-refractivity contribution in [1.82, 2.24) is 10.2 Å². The third-order valence-corrected chi connectivity index (χ3v) is 4.50. The van der Waals surface area contributed by atoms with Gasteiger partial charge in [-0.05, 0) is 39.3 Å². The lowest BCUT2D eigenvalue weighted by Gasteiger charge is -2.16. The number of carbonyl (C=O) groups is 2. The molecule has 1 heterocycles. The summed E-state index contributed by atoms with van der Waals surface area (Å²) in [4.78, 5) is 26.3. The summed E-state index contributed by atoms with van der Waals surface area (Å²) in [5, 5.41) is 2.69. The van der Waals surface area contributed by atoms with Gasteiger partial charge in [-0.2, -0.15) is 0 Å². The summed E-state index contributed by atoms with van der Waals surface area (Å²) < 4.78 is 0. The topological polar surface area (TPSA) is 49.4 Å². The summed E-state index contributed by atoms with van der Waals surface area (Å²) in [5.41, 5.74) is 1.69. The fraction of sp³-hybridized carbons (Fsp3) is 0.467. The number of amides is 3. The minimum Gasteiger partial charge on any atom is -0.324 e. The Morgan fingerprint density at radius 3 is 2.50 bits per heavy atom. The van der Waals surface area contributed by atoms with Crippen molar-refractivity contribution in [2.45, 2.75) is 38.1 Å². The monoisotopic (exact) mass is 292 g/mol. The van der Waals surface area contributed by atoms with E-state index in [1.807, 2.05) is 0 Å². The molecule has 1 aromatic carbocycles. The van der Waals surface area contributed by atoms with E-state index in [0.717, 1.165) is 0 Å². The van der Waals surface area contributed by atoms with Gasteiger partial charge in [-0.1, -0.05) is 17.7 Å². The SMILES string of the molecule is Cc1ccc(SCCN2C(=O)NC(C)(C)C2=O)c(C)c1. The molecular formula is C15H20N2O2S. The lowest BCUT2D eigenvalue weighted by molar-refractivity contribution is -0.130. The van der Waals surface area contributed by atoms with E-state index in [1.165, 1.54) is 20.9 Å². The van der Waals surface area contributed by atoms with Crippen LogP contribution in [0.25, 0.3) is 0 Å². The zero-order chi connectivity index (χ0) is 14.9. The number of urea groups is 1. The fourth-order valence-corrected chi connectivity index (χ4v) is 3.17. The maximum absolute atomic E-state index is 12.0. The third-order valence-electron chi connectivity index (χ3n) is 3.35. The Labute approximate surface area is 123 Å². The molecule has 3 amide bonds. The van der Waals surface area contributed by atoms with Crippen LogP contribution in [0.5, 0.6) is 0 Å². The van der Waals surface area contributed by atoms with Gasteiger partial charge in [-0.15, -0.1) is 11.8 Å². The first-order chi connectivity index (χ1) is 9.31. The van der Waals surface area contributed by atoms with E-state index in [0.29, 0.717) is 12.3 Å². The Balaban J connectivity index is 1.93. The second-order valence-corrected chi connectivity index (χ2v) is 6.77. The summed E-state index contributed by atoms with van der Waals surface area (Å²) in [6.45, 7) is 8.03. The summed E-state index contributed by atoms with van der Waals surface area (Å²) in [6, 6.07) is 6.01. The van der Waals surface area contributed by atoms with E-state index in [4.69, 9.17) is 0 Å². The van der Waals surface area contributed by atoms with E-state index in [9.17, 15) is 9.59 Å². The molecule has 0 atom stereocenters. The summed E-state index contributed by atoms with van der Waals surface area (Å²) in [5.74, 6) is 0.558. The predicted octanol–water partition coefficient (Wildman–Crippen LogP) is 2.73. The highest BCUT2D eigenvalue weighted by molar-refractivity contribution is 7.99. The van der Waals surface area contributed by atoms with Crippen LogP contribution < -0.4 is 5.32 Å². The zero-order valence-electron chi connectivity index (χ0n) is 12.3. The number of hydrogen-bond acceptors (Lipinski definition) is 3. The van der Waals surface area contributed by atoms with Crippen molar-refractivity contribution in [1.29, 1.82) is 0 Å². The number of rotatable bonds is 4. The molecule has 2 rings (SSSR count). The molecule has 20 heavy (non-hydrogen) atoms. The zero-order valence-corrected chi connectivity index (χ0v) is 13.1. The standard InChI is InChI=1S/C15H20N2O2S/c1-10-5-6-12(11(2)9-10)20-8-7-17-13(18)15(3,4)16-14(17)19/h5-6,9H,7-8H2,1-4H3,(H,16,19). The van der Waals surface area contributed by atoms with Gasteiger partial charge in [-0.3, -0.25) is 9.69 Å². The molecule has 1 saturated heterocycles. The maximum Gasteiger partial charge on any atom is 0.325 e. The van der Waals surface area contributed by atoms with E-state index < -0.39 is 5.54 Å². The highest BCUT2D eigenvalue weighted by Gasteiger charge is 2.43. The summed E-state index contributed by atoms with van der Waals surface area (Å²) >= 11 is 1.67. The van der Waals surface area contributed by atoms with Gasteiger partial charge in [0.2, 0.25) is 0 Å². The van der Waals surface area contributed by atoms with E-state index in [1.54, 1.807) is 25.6 Å². The Morgan fingerprint density at radius 2 is 1.95 bits per heavy atom. The van der Waals surface area contributed by atoms with Gasteiger partial charge >= 0.3 is 6.03 Å². The molecule has 1 fully saturated rings. The number of hydrogen-bond donors (Lipinski definition) is 1. The molecule has 0 radical (unpaired) electrons. The third kappa shape index (κ3) is 2.98. The molecule has 1 aromatic rings. The van der Waals surface area contributed by atoms with Gasteiger partial charge in [0.1, 0.15) is 5.54 Å². The van der Waals surface area contributed by atoms with Crippen LogP contribution in [0.2, 0.25) is 0 Å². The van der Waals surface area contributed by atoms with Gasteiger partial charge in [-0.25, -0.2) is 4.79 Å². The second kappa shape index (κ2) is 5.48. The molecule has 1 aliphatic heterocycles. The average molecular weight is 292 g/mol. The number of imide groups is 1. The maximum atomic E-state index is 12.0. The lowest BCUT2D eigenvalue weighted by atomic mass is 10.1. The van der Waals surface area contributed by atoms with Crippen LogP contribution in [0.15, 0.2) is 23.1 Å². The van der Waals surface area contributed by atoms with Crippen LogP contribution in [0.1, 0.15) is 25.0 Å². The molecule has 4 nitrogen and oxygen atoms in total. The molecule has 0 aliphatic carbocycles. The quantitative estimate of drug-likeness (QED) is 0.685.